The van der Waals surface area contributed by atoms with E-state index in [9.17, 15) is 9.59 Å². The number of rotatable bonds is 4. The van der Waals surface area contributed by atoms with Crippen LogP contribution in [0.3, 0.4) is 0 Å². The molecule has 0 aliphatic carbocycles. The molecule has 1 fully saturated rings. The molecule has 1 N–H and O–H groups in total. The molecule has 1 aromatic rings. The summed E-state index contributed by atoms with van der Waals surface area (Å²) in [5.41, 5.74) is 0.891. The zero-order valence-corrected chi connectivity index (χ0v) is 13.8. The molecule has 0 radical (unpaired) electrons. The van der Waals surface area contributed by atoms with Crippen molar-refractivity contribution in [2.75, 3.05) is 14.2 Å². The molecule has 0 saturated carbocycles. The Bertz CT molecular complexity index is 573. The van der Waals surface area contributed by atoms with Crippen LogP contribution < -0.4 is 14.8 Å². The van der Waals surface area contributed by atoms with Gasteiger partial charge in [-0.2, -0.15) is 0 Å². The molecule has 2 rings (SSSR count). The normalized spacial score (nSPS) is 21.9. The molecule has 2 amide bonds. The number of carbonyl (C=O) groups excluding carboxylic acids is 2. The molecular formula is C15H18BrNO4. The number of methoxy groups -OCH3 is 2. The predicted molar refractivity (Wildman–Crippen MR) is 81.5 cm³/mol. The summed E-state index contributed by atoms with van der Waals surface area (Å²) in [5, 5.41) is 2.40. The van der Waals surface area contributed by atoms with Crippen LogP contribution in [0.5, 0.6) is 11.5 Å². The van der Waals surface area contributed by atoms with Crippen LogP contribution >= 0.6 is 15.9 Å². The molecule has 0 aromatic heterocycles. The molecule has 2 atom stereocenters. The van der Waals surface area contributed by atoms with Gasteiger partial charge in [0.1, 0.15) is 0 Å². The van der Waals surface area contributed by atoms with Crippen LogP contribution in [0.2, 0.25) is 0 Å². The zero-order valence-electron chi connectivity index (χ0n) is 12.2. The second-order valence-electron chi connectivity index (χ2n) is 4.97. The molecule has 1 heterocycles. The first-order valence-electron chi connectivity index (χ1n) is 6.76. The van der Waals surface area contributed by atoms with Gasteiger partial charge in [0.05, 0.1) is 14.2 Å². The topological polar surface area (TPSA) is 64.6 Å². The number of nitrogens with one attached hydrogen (secondary N) is 1. The Morgan fingerprint density at radius 3 is 2.43 bits per heavy atom. The maximum absolute atomic E-state index is 12.0. The molecule has 1 aliphatic heterocycles. The first kappa shape index (κ1) is 15.8. The molecule has 6 heteroatoms. The monoisotopic (exact) mass is 355 g/mol. The summed E-state index contributed by atoms with van der Waals surface area (Å²) >= 11 is 3.50. The van der Waals surface area contributed by atoms with Crippen LogP contribution in [0.4, 0.5) is 0 Å². The van der Waals surface area contributed by atoms with Crippen molar-refractivity contribution in [2.45, 2.75) is 25.7 Å². The minimum absolute atomic E-state index is 0.162. The average molecular weight is 356 g/mol. The number of benzene rings is 1. The minimum Gasteiger partial charge on any atom is -0.493 e. The Labute approximate surface area is 132 Å². The Kier molecular flexibility index (Phi) is 4.88. The highest BCUT2D eigenvalue weighted by molar-refractivity contribution is 9.10. The molecule has 1 aromatic carbocycles. The third-order valence-electron chi connectivity index (χ3n) is 3.83. The molecule has 2 unspecified atom stereocenters. The van der Waals surface area contributed by atoms with Crippen molar-refractivity contribution in [3.8, 4) is 11.5 Å². The number of halogens is 1. The lowest BCUT2D eigenvalue weighted by molar-refractivity contribution is -0.137. The first-order chi connectivity index (χ1) is 10.0. The second kappa shape index (κ2) is 6.47. The number of imide groups is 1. The van der Waals surface area contributed by atoms with Gasteiger partial charge >= 0.3 is 0 Å². The van der Waals surface area contributed by atoms with E-state index in [2.05, 4.69) is 21.2 Å². The van der Waals surface area contributed by atoms with E-state index in [1.165, 1.54) is 0 Å². The zero-order chi connectivity index (χ0) is 15.6. The average Bonchev–Trinajstić information content (AvgIpc) is 2.46. The Morgan fingerprint density at radius 2 is 1.86 bits per heavy atom. The largest absolute Gasteiger partial charge is 0.493 e. The summed E-state index contributed by atoms with van der Waals surface area (Å²) in [6.07, 6.45) is 0.961. The smallest absolute Gasteiger partial charge is 0.230 e. The van der Waals surface area contributed by atoms with E-state index in [0.717, 1.165) is 10.0 Å². The highest BCUT2D eigenvalue weighted by Gasteiger charge is 2.36. The molecule has 5 nitrogen and oxygen atoms in total. The summed E-state index contributed by atoms with van der Waals surface area (Å²) < 4.78 is 11.4. The van der Waals surface area contributed by atoms with Crippen molar-refractivity contribution in [1.29, 1.82) is 0 Å². The highest BCUT2D eigenvalue weighted by Crippen LogP contribution is 2.42. The maximum atomic E-state index is 12.0. The third-order valence-corrected chi connectivity index (χ3v) is 4.52. The standard InChI is InChI=1S/C15H18BrNO4/c1-4-8-9(6-14(18)17-15(8)19)10-5-12(20-2)13(21-3)7-11(10)16/h5,7-9H,4,6H2,1-3H3,(H,17,18,19). The Hall–Kier alpha value is -1.56. The molecule has 1 aliphatic rings. The number of amides is 2. The van der Waals surface area contributed by atoms with Gasteiger partial charge in [-0.05, 0) is 24.1 Å². The highest BCUT2D eigenvalue weighted by atomic mass is 79.9. The van der Waals surface area contributed by atoms with Crippen molar-refractivity contribution in [3.63, 3.8) is 0 Å². The van der Waals surface area contributed by atoms with E-state index < -0.39 is 0 Å². The lowest BCUT2D eigenvalue weighted by Crippen LogP contribution is -2.44. The number of hydrogen-bond donors (Lipinski definition) is 1. The maximum Gasteiger partial charge on any atom is 0.230 e. The van der Waals surface area contributed by atoms with Gasteiger partial charge in [-0.25, -0.2) is 0 Å². The van der Waals surface area contributed by atoms with Gasteiger partial charge in [-0.1, -0.05) is 22.9 Å². The molecule has 0 bridgehead atoms. The number of hydrogen-bond acceptors (Lipinski definition) is 4. The van der Waals surface area contributed by atoms with Gasteiger partial charge in [-0.15, -0.1) is 0 Å². The third kappa shape index (κ3) is 3.05. The summed E-state index contributed by atoms with van der Waals surface area (Å²) in [5.74, 6) is 0.357. The molecule has 21 heavy (non-hydrogen) atoms. The molecular weight excluding hydrogens is 338 g/mol. The van der Waals surface area contributed by atoms with E-state index in [-0.39, 0.29) is 23.7 Å². The van der Waals surface area contributed by atoms with E-state index >= 15 is 0 Å². The SMILES string of the molecule is CCC1C(=O)NC(=O)CC1c1cc(OC)c(OC)cc1Br. The summed E-state index contributed by atoms with van der Waals surface area (Å²) in [6, 6.07) is 3.64. The van der Waals surface area contributed by atoms with Gasteiger partial charge in [0.25, 0.3) is 0 Å². The van der Waals surface area contributed by atoms with Crippen molar-refractivity contribution in [1.82, 2.24) is 5.32 Å². The number of ether oxygens (including phenoxy) is 2. The summed E-state index contributed by atoms with van der Waals surface area (Å²) in [7, 11) is 3.13. The van der Waals surface area contributed by atoms with E-state index in [1.807, 2.05) is 13.0 Å². The quantitative estimate of drug-likeness (QED) is 0.843. The van der Waals surface area contributed by atoms with Gasteiger partial charge in [-0.3, -0.25) is 14.9 Å². The van der Waals surface area contributed by atoms with Crippen molar-refractivity contribution in [3.05, 3.63) is 22.2 Å². The fourth-order valence-corrected chi connectivity index (χ4v) is 3.37. The molecule has 0 spiro atoms. The summed E-state index contributed by atoms with van der Waals surface area (Å²) in [6.45, 7) is 1.95. The fourth-order valence-electron chi connectivity index (χ4n) is 2.76. The fraction of sp³-hybridized carbons (Fsp3) is 0.467. The molecule has 1 saturated heterocycles. The lowest BCUT2D eigenvalue weighted by Gasteiger charge is -2.30. The van der Waals surface area contributed by atoms with Crippen molar-refractivity contribution >= 4 is 27.7 Å². The minimum atomic E-state index is -0.239. The van der Waals surface area contributed by atoms with Crippen LogP contribution in [-0.4, -0.2) is 26.0 Å². The van der Waals surface area contributed by atoms with E-state index in [0.29, 0.717) is 24.3 Å². The van der Waals surface area contributed by atoms with Gasteiger partial charge in [0, 0.05) is 22.7 Å². The molecule has 114 valence electrons. The first-order valence-corrected chi connectivity index (χ1v) is 7.56. The number of carbonyl (C=O) groups is 2. The number of piperidine rings is 1. The lowest BCUT2D eigenvalue weighted by atomic mass is 9.79. The Balaban J connectivity index is 2.48. The van der Waals surface area contributed by atoms with Gasteiger partial charge in [0.15, 0.2) is 11.5 Å². The Morgan fingerprint density at radius 1 is 1.24 bits per heavy atom. The van der Waals surface area contributed by atoms with Crippen LogP contribution in [0.1, 0.15) is 31.2 Å². The predicted octanol–water partition coefficient (Wildman–Crippen LogP) is 2.62. The van der Waals surface area contributed by atoms with E-state index in [1.54, 1.807) is 20.3 Å². The van der Waals surface area contributed by atoms with E-state index in [4.69, 9.17) is 9.47 Å². The van der Waals surface area contributed by atoms with Crippen LogP contribution in [0.15, 0.2) is 16.6 Å². The van der Waals surface area contributed by atoms with Gasteiger partial charge in [0.2, 0.25) is 11.8 Å². The van der Waals surface area contributed by atoms with Crippen molar-refractivity contribution in [2.24, 2.45) is 5.92 Å². The second-order valence-corrected chi connectivity index (χ2v) is 5.82. The van der Waals surface area contributed by atoms with Crippen LogP contribution in [0.25, 0.3) is 0 Å². The van der Waals surface area contributed by atoms with Crippen LogP contribution in [0, 0.1) is 5.92 Å². The van der Waals surface area contributed by atoms with Crippen molar-refractivity contribution < 1.29 is 19.1 Å². The van der Waals surface area contributed by atoms with Gasteiger partial charge < -0.3 is 9.47 Å². The van der Waals surface area contributed by atoms with Crippen LogP contribution in [-0.2, 0) is 9.59 Å². The summed E-state index contributed by atoms with van der Waals surface area (Å²) in [4.78, 5) is 23.7.